The van der Waals surface area contributed by atoms with Gasteiger partial charge in [-0.15, -0.1) is 0 Å². The molecule has 3 heteroatoms. The van der Waals surface area contributed by atoms with Gasteiger partial charge in [-0.25, -0.2) is 0 Å². The molecule has 1 N–H and O–H groups in total. The molecule has 118 valence electrons. The highest BCUT2D eigenvalue weighted by Crippen LogP contribution is 2.43. The van der Waals surface area contributed by atoms with Gasteiger partial charge in [0.25, 0.3) is 0 Å². The Labute approximate surface area is 136 Å². The number of carbonyl (C=O) groups excluding carboxylic acids is 1. The van der Waals surface area contributed by atoms with Gasteiger partial charge in [-0.2, -0.15) is 0 Å². The van der Waals surface area contributed by atoms with Crippen molar-refractivity contribution in [2.24, 2.45) is 0 Å². The van der Waals surface area contributed by atoms with E-state index in [1.807, 2.05) is 31.2 Å². The first-order chi connectivity index (χ1) is 11.1. The number of piperidine rings is 1. The Hall–Kier alpha value is -2.13. The minimum Gasteiger partial charge on any atom is -0.508 e. The van der Waals surface area contributed by atoms with Crippen molar-refractivity contribution < 1.29 is 9.90 Å². The van der Waals surface area contributed by atoms with E-state index in [1.54, 1.807) is 12.1 Å². The van der Waals surface area contributed by atoms with E-state index < -0.39 is 5.41 Å². The van der Waals surface area contributed by atoms with Crippen molar-refractivity contribution >= 4 is 5.78 Å². The van der Waals surface area contributed by atoms with Crippen LogP contribution >= 0.6 is 0 Å². The number of carbonyl (C=O) groups is 1. The lowest BCUT2D eigenvalue weighted by molar-refractivity contribution is -0.135. The van der Waals surface area contributed by atoms with E-state index >= 15 is 0 Å². The van der Waals surface area contributed by atoms with E-state index in [2.05, 4.69) is 17.0 Å². The van der Waals surface area contributed by atoms with Crippen LogP contribution in [-0.2, 0) is 23.2 Å². The highest BCUT2D eigenvalue weighted by molar-refractivity contribution is 5.97. The first-order valence-corrected chi connectivity index (χ1v) is 8.22. The molecule has 2 aromatic carbocycles. The van der Waals surface area contributed by atoms with Crippen LogP contribution in [0.2, 0.25) is 0 Å². The average molecular weight is 307 g/mol. The quantitative estimate of drug-likeness (QED) is 0.927. The number of ketones is 1. The smallest absolute Gasteiger partial charge is 0.160 e. The van der Waals surface area contributed by atoms with Crippen LogP contribution in [0.15, 0.2) is 48.5 Å². The van der Waals surface area contributed by atoms with Crippen LogP contribution in [0.5, 0.6) is 5.75 Å². The zero-order valence-electron chi connectivity index (χ0n) is 13.3. The Morgan fingerprint density at radius 2 is 2.00 bits per heavy atom. The van der Waals surface area contributed by atoms with Crippen molar-refractivity contribution in [1.82, 2.24) is 4.90 Å². The summed E-state index contributed by atoms with van der Waals surface area (Å²) in [5, 5.41) is 9.81. The number of phenolic OH excluding ortho intramolecular Hbond substituents is 1. The fourth-order valence-corrected chi connectivity index (χ4v) is 4.14. The summed E-state index contributed by atoms with van der Waals surface area (Å²) in [6, 6.07) is 15.8. The first-order valence-electron chi connectivity index (χ1n) is 8.22. The van der Waals surface area contributed by atoms with E-state index in [9.17, 15) is 9.90 Å². The van der Waals surface area contributed by atoms with Crippen LogP contribution in [0.25, 0.3) is 0 Å². The van der Waals surface area contributed by atoms with Crippen molar-refractivity contribution in [3.8, 4) is 5.75 Å². The number of nitrogens with zero attached hydrogens (tertiary/aromatic N) is 1. The molecule has 1 fully saturated rings. The normalized spacial score (nSPS) is 26.8. The van der Waals surface area contributed by atoms with Crippen molar-refractivity contribution in [3.05, 3.63) is 65.2 Å². The number of phenols is 1. The minimum absolute atomic E-state index is 0.0500. The molecule has 0 aromatic heterocycles. The summed E-state index contributed by atoms with van der Waals surface area (Å²) in [6.45, 7) is 3.78. The molecule has 0 radical (unpaired) electrons. The van der Waals surface area contributed by atoms with E-state index in [-0.39, 0.29) is 11.8 Å². The molecule has 23 heavy (non-hydrogen) atoms. The number of likely N-dealkylation sites (tertiary alicyclic amines) is 1. The van der Waals surface area contributed by atoms with E-state index in [0.29, 0.717) is 5.78 Å². The van der Waals surface area contributed by atoms with E-state index in [0.717, 1.165) is 31.5 Å². The monoisotopic (exact) mass is 307 g/mol. The molecule has 4 rings (SSSR count). The highest BCUT2D eigenvalue weighted by Gasteiger charge is 2.49. The first kappa shape index (κ1) is 14.5. The second-order valence-electron chi connectivity index (χ2n) is 6.96. The van der Waals surface area contributed by atoms with Crippen LogP contribution in [0.4, 0.5) is 0 Å². The van der Waals surface area contributed by atoms with Crippen LogP contribution in [0.1, 0.15) is 30.0 Å². The maximum atomic E-state index is 13.1. The van der Waals surface area contributed by atoms with Gasteiger partial charge in [0.1, 0.15) is 5.75 Å². The average Bonchev–Trinajstić information content (AvgIpc) is 2.55. The summed E-state index contributed by atoms with van der Waals surface area (Å²) in [4.78, 5) is 15.4. The number of hydrogen-bond donors (Lipinski definition) is 1. The van der Waals surface area contributed by atoms with Gasteiger partial charge in [0.2, 0.25) is 0 Å². The van der Waals surface area contributed by atoms with Crippen LogP contribution in [0, 0.1) is 0 Å². The number of hydrogen-bond acceptors (Lipinski definition) is 3. The molecular weight excluding hydrogens is 286 g/mol. The summed E-state index contributed by atoms with van der Waals surface area (Å²) in [5.74, 6) is 0.556. The van der Waals surface area contributed by atoms with Gasteiger partial charge in [0.05, 0.1) is 11.5 Å². The van der Waals surface area contributed by atoms with Crippen LogP contribution < -0.4 is 0 Å². The lowest BCUT2D eigenvalue weighted by Crippen LogP contribution is -2.59. The molecule has 0 spiro atoms. The van der Waals surface area contributed by atoms with Gasteiger partial charge in [-0.3, -0.25) is 9.69 Å². The zero-order valence-corrected chi connectivity index (χ0v) is 13.3. The summed E-state index contributed by atoms with van der Waals surface area (Å²) in [5.41, 5.74) is 3.02. The predicted molar refractivity (Wildman–Crippen MR) is 89.4 cm³/mol. The van der Waals surface area contributed by atoms with Gasteiger partial charge in [0.15, 0.2) is 5.78 Å². The lowest BCUT2D eigenvalue weighted by atomic mass is 9.64. The summed E-state index contributed by atoms with van der Waals surface area (Å²) < 4.78 is 0. The third-order valence-electron chi connectivity index (χ3n) is 5.52. The molecule has 2 aromatic rings. The number of benzene rings is 2. The molecule has 2 bridgehead atoms. The number of aromatic hydroxyl groups is 1. The van der Waals surface area contributed by atoms with Gasteiger partial charge < -0.3 is 5.11 Å². The minimum atomic E-state index is -0.454. The highest BCUT2D eigenvalue weighted by atomic mass is 16.3. The third kappa shape index (κ3) is 2.27. The fraction of sp³-hybridized carbons (Fsp3) is 0.350. The Kier molecular flexibility index (Phi) is 3.27. The molecule has 2 aliphatic rings. The molecule has 2 unspecified atom stereocenters. The largest absolute Gasteiger partial charge is 0.508 e. The molecule has 1 saturated heterocycles. The number of rotatable bonds is 2. The molecule has 1 aliphatic carbocycles. The van der Waals surface area contributed by atoms with Crippen LogP contribution in [0.3, 0.4) is 0 Å². The molecule has 1 heterocycles. The standard InChI is InChI=1S/C20H21NO2/c1-20-9-10-21(13-14-5-3-2-4-6-14)18(19(20)23)11-15-7-8-16(22)12-17(15)20/h2-8,12,18,22H,9-11,13H2,1H3. The molecule has 0 amide bonds. The van der Waals surface area contributed by atoms with E-state index in [4.69, 9.17) is 0 Å². The Bertz CT molecular complexity index is 755. The lowest BCUT2D eigenvalue weighted by Gasteiger charge is -2.48. The topological polar surface area (TPSA) is 40.5 Å². The second kappa shape index (κ2) is 5.20. The maximum Gasteiger partial charge on any atom is 0.160 e. The Balaban J connectivity index is 1.69. The van der Waals surface area contributed by atoms with Crippen molar-refractivity contribution in [2.75, 3.05) is 6.54 Å². The Morgan fingerprint density at radius 1 is 1.22 bits per heavy atom. The summed E-state index contributed by atoms with van der Waals surface area (Å²) in [6.07, 6.45) is 1.56. The third-order valence-corrected chi connectivity index (χ3v) is 5.52. The molecule has 3 nitrogen and oxygen atoms in total. The fourth-order valence-electron chi connectivity index (χ4n) is 4.14. The van der Waals surface area contributed by atoms with Gasteiger partial charge in [0, 0.05) is 13.1 Å². The zero-order chi connectivity index (χ0) is 16.0. The van der Waals surface area contributed by atoms with Crippen molar-refractivity contribution in [3.63, 3.8) is 0 Å². The molecule has 0 saturated carbocycles. The molecule has 1 aliphatic heterocycles. The SMILES string of the molecule is CC12CCN(Cc3ccccc3)C(Cc3ccc(O)cc31)C2=O. The maximum absolute atomic E-state index is 13.1. The summed E-state index contributed by atoms with van der Waals surface area (Å²) >= 11 is 0. The Morgan fingerprint density at radius 3 is 2.78 bits per heavy atom. The number of Topliss-reactive ketones (excluding diaryl/α,β-unsaturated/α-hetero) is 1. The van der Waals surface area contributed by atoms with Crippen molar-refractivity contribution in [2.45, 2.75) is 37.8 Å². The van der Waals surface area contributed by atoms with Crippen molar-refractivity contribution in [1.29, 1.82) is 0 Å². The van der Waals surface area contributed by atoms with Gasteiger partial charge in [-0.05, 0) is 48.6 Å². The number of fused-ring (bicyclic) bond motifs is 4. The molecular formula is C20H21NO2. The van der Waals surface area contributed by atoms with E-state index in [1.165, 1.54) is 11.1 Å². The predicted octanol–water partition coefficient (Wildman–Crippen LogP) is 3.05. The van der Waals surface area contributed by atoms with Crippen LogP contribution in [-0.4, -0.2) is 28.4 Å². The summed E-state index contributed by atoms with van der Waals surface area (Å²) in [7, 11) is 0. The second-order valence-corrected chi connectivity index (χ2v) is 6.96. The molecule has 2 atom stereocenters. The van der Waals surface area contributed by atoms with Gasteiger partial charge >= 0.3 is 0 Å². The van der Waals surface area contributed by atoms with Gasteiger partial charge in [-0.1, -0.05) is 36.4 Å².